The Morgan fingerprint density at radius 3 is 2.88 bits per heavy atom. The highest BCUT2D eigenvalue weighted by atomic mass is 32.2. The summed E-state index contributed by atoms with van der Waals surface area (Å²) in [6, 6.07) is 3.40. The summed E-state index contributed by atoms with van der Waals surface area (Å²) in [5, 5.41) is 0. The van der Waals surface area contributed by atoms with E-state index in [9.17, 15) is 9.59 Å². The molecule has 1 heterocycles. The number of benzene rings is 1. The second-order valence-electron chi connectivity index (χ2n) is 3.63. The molecule has 84 valence electrons. The number of ketones is 1. The molecular weight excluding hydrogens is 224 g/mol. The van der Waals surface area contributed by atoms with Gasteiger partial charge < -0.3 is 4.74 Å². The first kappa shape index (κ1) is 11.2. The second-order valence-corrected chi connectivity index (χ2v) is 4.73. The van der Waals surface area contributed by atoms with E-state index in [-0.39, 0.29) is 11.8 Å². The number of carbonyl (C=O) groups is 2. The lowest BCUT2D eigenvalue weighted by atomic mass is 10.0. The van der Waals surface area contributed by atoms with Gasteiger partial charge in [-0.3, -0.25) is 4.79 Å². The number of hydrogen-bond acceptors (Lipinski definition) is 4. The van der Waals surface area contributed by atoms with E-state index in [1.165, 1.54) is 7.11 Å². The second kappa shape index (κ2) is 4.29. The number of fused-ring (bicyclic) bond motifs is 1. The number of esters is 1. The summed E-state index contributed by atoms with van der Waals surface area (Å²) in [4.78, 5) is 24.1. The quantitative estimate of drug-likeness (QED) is 0.702. The van der Waals surface area contributed by atoms with E-state index < -0.39 is 0 Å². The smallest absolute Gasteiger partial charge is 0.338 e. The van der Waals surface area contributed by atoms with Crippen LogP contribution in [0, 0.1) is 6.92 Å². The third kappa shape index (κ3) is 1.73. The van der Waals surface area contributed by atoms with Crippen LogP contribution >= 0.6 is 11.8 Å². The van der Waals surface area contributed by atoms with Gasteiger partial charge in [0.25, 0.3) is 0 Å². The van der Waals surface area contributed by atoms with Gasteiger partial charge in [0.2, 0.25) is 0 Å². The van der Waals surface area contributed by atoms with E-state index >= 15 is 0 Å². The van der Waals surface area contributed by atoms with Crippen molar-refractivity contribution in [3.63, 3.8) is 0 Å². The molecule has 0 atom stereocenters. The molecule has 2 rings (SSSR count). The standard InChI is InChI=1S/C12H12O3S/c1-7-8(12(14)15-2)3-4-9-10(13)5-6-16-11(7)9/h3-4H,5-6H2,1-2H3. The molecule has 0 bridgehead atoms. The molecule has 1 aliphatic heterocycles. The molecule has 0 amide bonds. The first-order valence-corrected chi connectivity index (χ1v) is 6.01. The number of rotatable bonds is 1. The van der Waals surface area contributed by atoms with Gasteiger partial charge in [0.15, 0.2) is 5.78 Å². The molecule has 0 aromatic heterocycles. The largest absolute Gasteiger partial charge is 0.465 e. The Morgan fingerprint density at radius 1 is 1.44 bits per heavy atom. The molecule has 0 aliphatic carbocycles. The van der Waals surface area contributed by atoms with Crippen LogP contribution in [0.3, 0.4) is 0 Å². The summed E-state index contributed by atoms with van der Waals surface area (Å²) >= 11 is 1.63. The van der Waals surface area contributed by atoms with Gasteiger partial charge in [-0.2, -0.15) is 0 Å². The summed E-state index contributed by atoms with van der Waals surface area (Å²) in [6.45, 7) is 1.86. The van der Waals surface area contributed by atoms with Crippen LogP contribution in [0.2, 0.25) is 0 Å². The molecule has 0 saturated heterocycles. The highest BCUT2D eigenvalue weighted by molar-refractivity contribution is 7.99. The van der Waals surface area contributed by atoms with Gasteiger partial charge in [0.1, 0.15) is 0 Å². The fraction of sp³-hybridized carbons (Fsp3) is 0.333. The molecule has 1 aliphatic rings. The third-order valence-corrected chi connectivity index (χ3v) is 3.91. The van der Waals surface area contributed by atoms with Crippen LogP contribution in [0.4, 0.5) is 0 Å². The van der Waals surface area contributed by atoms with Crippen molar-refractivity contribution >= 4 is 23.5 Å². The van der Waals surface area contributed by atoms with Gasteiger partial charge in [-0.25, -0.2) is 4.79 Å². The lowest BCUT2D eigenvalue weighted by Gasteiger charge is -2.17. The maximum Gasteiger partial charge on any atom is 0.338 e. The van der Waals surface area contributed by atoms with Crippen molar-refractivity contribution in [2.45, 2.75) is 18.2 Å². The minimum absolute atomic E-state index is 0.160. The van der Waals surface area contributed by atoms with Crippen molar-refractivity contribution in [3.05, 3.63) is 28.8 Å². The Morgan fingerprint density at radius 2 is 2.19 bits per heavy atom. The Balaban J connectivity index is 2.55. The summed E-state index contributed by atoms with van der Waals surface area (Å²) in [5.41, 5.74) is 2.13. The molecule has 0 fully saturated rings. The Hall–Kier alpha value is -1.29. The molecular formula is C12H12O3S. The van der Waals surface area contributed by atoms with E-state index in [4.69, 9.17) is 4.74 Å². The molecule has 0 radical (unpaired) electrons. The van der Waals surface area contributed by atoms with Crippen molar-refractivity contribution in [2.24, 2.45) is 0 Å². The van der Waals surface area contributed by atoms with Crippen molar-refractivity contribution in [1.29, 1.82) is 0 Å². The molecule has 3 nitrogen and oxygen atoms in total. The molecule has 0 unspecified atom stereocenters. The third-order valence-electron chi connectivity index (χ3n) is 2.69. The predicted molar refractivity (Wildman–Crippen MR) is 62.2 cm³/mol. The average Bonchev–Trinajstić information content (AvgIpc) is 2.30. The number of hydrogen-bond donors (Lipinski definition) is 0. The predicted octanol–water partition coefficient (Wildman–Crippen LogP) is 2.46. The lowest BCUT2D eigenvalue weighted by Crippen LogP contribution is -2.12. The number of carbonyl (C=O) groups excluding carboxylic acids is 2. The van der Waals surface area contributed by atoms with Crippen molar-refractivity contribution < 1.29 is 14.3 Å². The van der Waals surface area contributed by atoms with Crippen LogP contribution in [-0.2, 0) is 4.74 Å². The lowest BCUT2D eigenvalue weighted by molar-refractivity contribution is 0.0599. The number of Topliss-reactive ketones (excluding diaryl/α,β-unsaturated/α-hetero) is 1. The van der Waals surface area contributed by atoms with Crippen LogP contribution in [0.1, 0.15) is 32.7 Å². The number of ether oxygens (including phenoxy) is 1. The molecule has 0 N–H and O–H groups in total. The number of thioether (sulfide) groups is 1. The zero-order valence-corrected chi connectivity index (χ0v) is 10.0. The molecule has 4 heteroatoms. The van der Waals surface area contributed by atoms with E-state index in [1.807, 2.05) is 6.92 Å². The minimum Gasteiger partial charge on any atom is -0.465 e. The molecule has 0 spiro atoms. The topological polar surface area (TPSA) is 43.4 Å². The monoisotopic (exact) mass is 236 g/mol. The van der Waals surface area contributed by atoms with Crippen LogP contribution in [0.15, 0.2) is 17.0 Å². The van der Waals surface area contributed by atoms with E-state index in [1.54, 1.807) is 23.9 Å². The maximum absolute atomic E-state index is 11.7. The summed E-state index contributed by atoms with van der Waals surface area (Å²) in [5.74, 6) is 0.601. The zero-order valence-electron chi connectivity index (χ0n) is 9.20. The van der Waals surface area contributed by atoms with Gasteiger partial charge in [0.05, 0.1) is 12.7 Å². The Labute approximate surface area is 98.2 Å². The first-order valence-electron chi connectivity index (χ1n) is 5.03. The highest BCUT2D eigenvalue weighted by Crippen LogP contribution is 2.34. The molecule has 1 aromatic rings. The zero-order chi connectivity index (χ0) is 11.7. The van der Waals surface area contributed by atoms with E-state index in [0.29, 0.717) is 12.0 Å². The van der Waals surface area contributed by atoms with Gasteiger partial charge in [-0.05, 0) is 24.6 Å². The average molecular weight is 236 g/mol. The SMILES string of the molecule is COC(=O)c1ccc2c(c1C)SCCC2=O. The van der Waals surface area contributed by atoms with Crippen LogP contribution in [-0.4, -0.2) is 24.6 Å². The molecule has 1 aromatic carbocycles. The van der Waals surface area contributed by atoms with Gasteiger partial charge in [-0.1, -0.05) is 0 Å². The van der Waals surface area contributed by atoms with Crippen molar-refractivity contribution in [2.75, 3.05) is 12.9 Å². The van der Waals surface area contributed by atoms with Crippen LogP contribution in [0.5, 0.6) is 0 Å². The van der Waals surface area contributed by atoms with Crippen molar-refractivity contribution in [3.8, 4) is 0 Å². The Kier molecular flexibility index (Phi) is 3.01. The normalized spacial score (nSPS) is 14.5. The summed E-state index contributed by atoms with van der Waals surface area (Å²) < 4.78 is 4.70. The number of methoxy groups -OCH3 is 1. The van der Waals surface area contributed by atoms with E-state index in [0.717, 1.165) is 21.8 Å². The van der Waals surface area contributed by atoms with Crippen LogP contribution in [0.25, 0.3) is 0 Å². The fourth-order valence-corrected chi connectivity index (χ4v) is 2.96. The van der Waals surface area contributed by atoms with E-state index in [2.05, 4.69) is 0 Å². The summed E-state index contributed by atoms with van der Waals surface area (Å²) in [7, 11) is 1.36. The molecule has 0 saturated carbocycles. The van der Waals surface area contributed by atoms with Gasteiger partial charge >= 0.3 is 5.97 Å². The maximum atomic E-state index is 11.7. The minimum atomic E-state index is -0.348. The Bertz CT molecular complexity index is 466. The summed E-state index contributed by atoms with van der Waals surface area (Å²) in [6.07, 6.45) is 0.578. The molecule has 16 heavy (non-hydrogen) atoms. The van der Waals surface area contributed by atoms with Crippen LogP contribution < -0.4 is 0 Å². The fourth-order valence-electron chi connectivity index (χ4n) is 1.81. The van der Waals surface area contributed by atoms with Gasteiger partial charge in [0, 0.05) is 22.6 Å². The highest BCUT2D eigenvalue weighted by Gasteiger charge is 2.22. The van der Waals surface area contributed by atoms with Crippen molar-refractivity contribution in [1.82, 2.24) is 0 Å². The van der Waals surface area contributed by atoms with Gasteiger partial charge in [-0.15, -0.1) is 11.8 Å². The first-order chi connectivity index (χ1) is 7.65.